The van der Waals surface area contributed by atoms with Gasteiger partial charge in [-0.25, -0.2) is 0 Å². The first-order chi connectivity index (χ1) is 14.1. The summed E-state index contributed by atoms with van der Waals surface area (Å²) in [4.78, 5) is 30.2. The quantitative estimate of drug-likeness (QED) is 0.717. The molecule has 4 heterocycles. The maximum atomic E-state index is 13.3. The maximum Gasteiger partial charge on any atom is 0.230 e. The second kappa shape index (κ2) is 7.02. The molecule has 0 aromatic heterocycles. The van der Waals surface area contributed by atoms with Crippen LogP contribution in [-0.2, 0) is 14.3 Å². The summed E-state index contributed by atoms with van der Waals surface area (Å²) in [7, 11) is 0. The van der Waals surface area contributed by atoms with E-state index in [9.17, 15) is 9.59 Å². The van der Waals surface area contributed by atoms with Crippen LogP contribution in [0.2, 0.25) is 0 Å². The lowest BCUT2D eigenvalue weighted by Crippen LogP contribution is -2.47. The Morgan fingerprint density at radius 1 is 1.31 bits per heavy atom. The van der Waals surface area contributed by atoms with Gasteiger partial charge in [-0.1, -0.05) is 42.0 Å². The minimum absolute atomic E-state index is 0.00981. The van der Waals surface area contributed by atoms with E-state index < -0.39 is 17.4 Å². The molecule has 5 rings (SSSR count). The van der Waals surface area contributed by atoms with Crippen molar-refractivity contribution in [3.05, 3.63) is 54.1 Å². The van der Waals surface area contributed by atoms with Crippen LogP contribution in [0.4, 0.5) is 0 Å². The highest BCUT2D eigenvalue weighted by Gasteiger charge is 2.67. The fourth-order valence-electron chi connectivity index (χ4n) is 5.02. The molecule has 0 unspecified atom stereocenters. The number of amides is 2. The van der Waals surface area contributed by atoms with Gasteiger partial charge in [-0.15, -0.1) is 0 Å². The highest BCUT2D eigenvalue weighted by molar-refractivity contribution is 5.93. The smallest absolute Gasteiger partial charge is 0.230 e. The van der Waals surface area contributed by atoms with Gasteiger partial charge in [0.2, 0.25) is 11.8 Å². The Bertz CT molecular complexity index is 880. The molecule has 29 heavy (non-hydrogen) atoms. The van der Waals surface area contributed by atoms with Crippen LogP contribution in [0.3, 0.4) is 0 Å². The molecule has 0 radical (unpaired) electrons. The van der Waals surface area contributed by atoms with Crippen molar-refractivity contribution >= 4 is 11.8 Å². The number of likely N-dealkylation sites (tertiary alicyclic amines) is 1. The van der Waals surface area contributed by atoms with Gasteiger partial charge in [0.1, 0.15) is 18.0 Å². The molecule has 0 aliphatic carbocycles. The summed E-state index contributed by atoms with van der Waals surface area (Å²) >= 11 is 0. The zero-order valence-electron chi connectivity index (χ0n) is 16.6. The molecule has 4 aliphatic rings. The van der Waals surface area contributed by atoms with Gasteiger partial charge < -0.3 is 19.3 Å². The SMILES string of the molecule is CC1=CCN(C(=O)[C@H]2[C@@H]3C=C[C@@]4(CN(CCOc5ccccc5)C(=O)[C@H]24)O3)CC1. The Hall–Kier alpha value is -2.60. The zero-order chi connectivity index (χ0) is 20.0. The number of para-hydroxylation sites is 1. The molecule has 4 atom stereocenters. The van der Waals surface area contributed by atoms with Crippen LogP contribution >= 0.6 is 0 Å². The summed E-state index contributed by atoms with van der Waals surface area (Å²) in [6, 6.07) is 9.58. The van der Waals surface area contributed by atoms with Crippen LogP contribution in [-0.4, -0.2) is 66.1 Å². The topological polar surface area (TPSA) is 59.1 Å². The number of hydrogen-bond acceptors (Lipinski definition) is 4. The monoisotopic (exact) mass is 394 g/mol. The molecule has 0 saturated carbocycles. The Morgan fingerprint density at radius 3 is 2.90 bits per heavy atom. The summed E-state index contributed by atoms with van der Waals surface area (Å²) in [5.41, 5.74) is 0.659. The first-order valence-electron chi connectivity index (χ1n) is 10.4. The van der Waals surface area contributed by atoms with E-state index >= 15 is 0 Å². The lowest BCUT2D eigenvalue weighted by molar-refractivity contribution is -0.143. The molecule has 152 valence electrons. The van der Waals surface area contributed by atoms with Crippen molar-refractivity contribution in [2.24, 2.45) is 11.8 Å². The molecular formula is C23H26N2O4. The van der Waals surface area contributed by atoms with Gasteiger partial charge in [-0.05, 0) is 25.5 Å². The number of benzene rings is 1. The molecule has 4 aliphatic heterocycles. The number of nitrogens with zero attached hydrogens (tertiary/aromatic N) is 2. The Labute approximate surface area is 170 Å². The number of ether oxygens (including phenoxy) is 2. The van der Waals surface area contributed by atoms with E-state index in [1.54, 1.807) is 4.90 Å². The molecule has 2 saturated heterocycles. The molecule has 2 fully saturated rings. The van der Waals surface area contributed by atoms with Crippen LogP contribution in [0.25, 0.3) is 0 Å². The number of rotatable bonds is 5. The first kappa shape index (κ1) is 18.4. The molecule has 0 N–H and O–H groups in total. The van der Waals surface area contributed by atoms with Crippen LogP contribution in [0.1, 0.15) is 13.3 Å². The first-order valence-corrected chi connectivity index (χ1v) is 10.4. The molecule has 2 amide bonds. The van der Waals surface area contributed by atoms with Crippen molar-refractivity contribution in [2.75, 3.05) is 32.8 Å². The summed E-state index contributed by atoms with van der Waals surface area (Å²) in [5, 5.41) is 0. The lowest BCUT2D eigenvalue weighted by Gasteiger charge is -2.31. The average Bonchev–Trinajstić information content (AvgIpc) is 3.37. The molecule has 1 spiro atoms. The Morgan fingerprint density at radius 2 is 2.14 bits per heavy atom. The maximum absolute atomic E-state index is 13.3. The zero-order valence-corrected chi connectivity index (χ0v) is 16.6. The number of carbonyl (C=O) groups is 2. The normalized spacial score (nSPS) is 32.5. The Balaban J connectivity index is 1.28. The van der Waals surface area contributed by atoms with Crippen molar-refractivity contribution in [1.29, 1.82) is 0 Å². The Kier molecular flexibility index (Phi) is 4.46. The average molecular weight is 394 g/mol. The summed E-state index contributed by atoms with van der Waals surface area (Å²) < 4.78 is 12.0. The van der Waals surface area contributed by atoms with E-state index in [1.165, 1.54) is 5.57 Å². The molecule has 6 heteroatoms. The van der Waals surface area contributed by atoms with Crippen molar-refractivity contribution in [1.82, 2.24) is 9.80 Å². The fraction of sp³-hybridized carbons (Fsp3) is 0.478. The lowest BCUT2D eigenvalue weighted by atomic mass is 9.76. The third-order valence-corrected chi connectivity index (χ3v) is 6.58. The van der Waals surface area contributed by atoms with Gasteiger partial charge in [-0.2, -0.15) is 0 Å². The highest BCUT2D eigenvalue weighted by Crippen LogP contribution is 2.52. The summed E-state index contributed by atoms with van der Waals surface area (Å²) in [6.45, 7) is 4.83. The van der Waals surface area contributed by atoms with E-state index in [0.717, 1.165) is 18.7 Å². The van der Waals surface area contributed by atoms with Crippen molar-refractivity contribution in [3.63, 3.8) is 0 Å². The minimum atomic E-state index is -0.656. The number of carbonyl (C=O) groups excluding carboxylic acids is 2. The van der Waals surface area contributed by atoms with Gasteiger partial charge in [0.25, 0.3) is 0 Å². The number of hydrogen-bond donors (Lipinski definition) is 0. The molecule has 1 aromatic rings. The standard InChI is InChI=1S/C23H26N2O4/c1-16-8-11-24(12-9-16)21(26)19-18-7-10-23(29-18)15-25(22(27)20(19)23)13-14-28-17-5-3-2-4-6-17/h2-8,10,18-20H,9,11-15H2,1H3/t18-,19-,20-,23-/m0/s1. The van der Waals surface area contributed by atoms with Crippen LogP contribution in [0, 0.1) is 11.8 Å². The molecular weight excluding hydrogens is 368 g/mol. The van der Waals surface area contributed by atoms with Crippen LogP contribution < -0.4 is 4.74 Å². The van der Waals surface area contributed by atoms with Gasteiger partial charge in [-0.3, -0.25) is 9.59 Å². The summed E-state index contributed by atoms with van der Waals surface area (Å²) in [5.74, 6) is 0.00506. The highest BCUT2D eigenvalue weighted by atomic mass is 16.5. The molecule has 2 bridgehead atoms. The molecule has 1 aromatic carbocycles. The predicted octanol–water partition coefficient (Wildman–Crippen LogP) is 2.03. The van der Waals surface area contributed by atoms with Crippen molar-refractivity contribution < 1.29 is 19.1 Å². The largest absolute Gasteiger partial charge is 0.492 e. The third kappa shape index (κ3) is 3.06. The third-order valence-electron chi connectivity index (χ3n) is 6.58. The van der Waals surface area contributed by atoms with E-state index in [2.05, 4.69) is 13.0 Å². The van der Waals surface area contributed by atoms with E-state index in [0.29, 0.717) is 26.2 Å². The van der Waals surface area contributed by atoms with Crippen molar-refractivity contribution in [2.45, 2.75) is 25.0 Å². The second-order valence-electron chi connectivity index (χ2n) is 8.41. The van der Waals surface area contributed by atoms with E-state index in [1.807, 2.05) is 47.4 Å². The van der Waals surface area contributed by atoms with Gasteiger partial charge >= 0.3 is 0 Å². The van der Waals surface area contributed by atoms with E-state index in [4.69, 9.17) is 9.47 Å². The van der Waals surface area contributed by atoms with E-state index in [-0.39, 0.29) is 17.9 Å². The number of fused-ring (bicyclic) bond motifs is 1. The van der Waals surface area contributed by atoms with Crippen molar-refractivity contribution in [3.8, 4) is 5.75 Å². The van der Waals surface area contributed by atoms with Crippen LogP contribution in [0.15, 0.2) is 54.1 Å². The molecule has 6 nitrogen and oxygen atoms in total. The van der Waals surface area contributed by atoms with Gasteiger partial charge in [0, 0.05) is 13.1 Å². The predicted molar refractivity (Wildman–Crippen MR) is 107 cm³/mol. The van der Waals surface area contributed by atoms with Gasteiger partial charge in [0.05, 0.1) is 31.0 Å². The summed E-state index contributed by atoms with van der Waals surface area (Å²) in [6.07, 6.45) is 6.69. The van der Waals surface area contributed by atoms with Gasteiger partial charge in [0.15, 0.2) is 0 Å². The minimum Gasteiger partial charge on any atom is -0.492 e. The van der Waals surface area contributed by atoms with Crippen LogP contribution in [0.5, 0.6) is 5.75 Å². The fourth-order valence-corrected chi connectivity index (χ4v) is 5.02. The second-order valence-corrected chi connectivity index (χ2v) is 8.41.